The summed E-state index contributed by atoms with van der Waals surface area (Å²) in [6.45, 7) is 5.34. The number of imide groups is 1. The van der Waals surface area contributed by atoms with Gasteiger partial charge in [0.15, 0.2) is 0 Å². The second-order valence-electron chi connectivity index (χ2n) is 5.73. The molecular formula is C16H19BrN2O3. The first-order valence-corrected chi connectivity index (χ1v) is 8.02. The molecule has 1 heterocycles. The zero-order valence-corrected chi connectivity index (χ0v) is 14.4. The van der Waals surface area contributed by atoms with Crippen molar-refractivity contribution in [3.8, 4) is 0 Å². The van der Waals surface area contributed by atoms with Crippen LogP contribution in [0.4, 0.5) is 0 Å². The molecule has 0 bridgehead atoms. The minimum absolute atomic E-state index is 0.0375. The van der Waals surface area contributed by atoms with E-state index in [1.807, 2.05) is 24.3 Å². The lowest BCUT2D eigenvalue weighted by molar-refractivity contribution is -0.141. The third kappa shape index (κ3) is 3.38. The highest BCUT2D eigenvalue weighted by Crippen LogP contribution is 2.21. The number of carbonyl (C=O) groups excluding carboxylic acids is 3. The number of amides is 3. The van der Waals surface area contributed by atoms with Gasteiger partial charge in [-0.25, -0.2) is 0 Å². The van der Waals surface area contributed by atoms with E-state index in [0.717, 1.165) is 10.0 Å². The van der Waals surface area contributed by atoms with Crippen molar-refractivity contribution in [1.82, 2.24) is 10.2 Å². The summed E-state index contributed by atoms with van der Waals surface area (Å²) < 4.78 is 0.938. The molecule has 0 radical (unpaired) electrons. The van der Waals surface area contributed by atoms with Gasteiger partial charge in [-0.05, 0) is 38.5 Å². The first-order valence-electron chi connectivity index (χ1n) is 7.23. The van der Waals surface area contributed by atoms with Crippen LogP contribution in [-0.4, -0.2) is 34.7 Å². The highest BCUT2D eigenvalue weighted by atomic mass is 79.9. The first kappa shape index (κ1) is 16.7. The molecule has 3 amide bonds. The van der Waals surface area contributed by atoms with E-state index in [1.165, 1.54) is 4.90 Å². The Hall–Kier alpha value is -1.69. The molecule has 118 valence electrons. The number of nitrogens with zero attached hydrogens (tertiary/aromatic N) is 1. The fourth-order valence-electron chi connectivity index (χ4n) is 2.51. The lowest BCUT2D eigenvalue weighted by Gasteiger charge is -2.20. The Bertz CT molecular complexity index is 598. The number of carbonyl (C=O) groups is 3. The summed E-state index contributed by atoms with van der Waals surface area (Å²) in [5, 5.41) is 2.69. The van der Waals surface area contributed by atoms with Crippen LogP contribution >= 0.6 is 15.9 Å². The van der Waals surface area contributed by atoms with E-state index < -0.39 is 6.04 Å². The van der Waals surface area contributed by atoms with Gasteiger partial charge in [-0.2, -0.15) is 0 Å². The molecule has 1 aromatic rings. The van der Waals surface area contributed by atoms with Crippen LogP contribution in [0.3, 0.4) is 0 Å². The number of benzene rings is 1. The van der Waals surface area contributed by atoms with Crippen molar-refractivity contribution in [3.63, 3.8) is 0 Å². The summed E-state index contributed by atoms with van der Waals surface area (Å²) in [5.41, 5.74) is 0.859. The van der Waals surface area contributed by atoms with Crippen LogP contribution in [0, 0.1) is 0 Å². The number of hydrogen-bond donors (Lipinski definition) is 1. The van der Waals surface area contributed by atoms with Crippen molar-refractivity contribution < 1.29 is 14.4 Å². The maximum Gasteiger partial charge on any atom is 0.252 e. The molecule has 2 atom stereocenters. The SMILES string of the molecule is CC(C)N1C(=O)C[C@H](NC(=O)[C@H](C)c2ccc(Br)cc2)C1=O. The van der Waals surface area contributed by atoms with Gasteiger partial charge >= 0.3 is 0 Å². The van der Waals surface area contributed by atoms with Gasteiger partial charge in [0, 0.05) is 10.5 Å². The topological polar surface area (TPSA) is 66.5 Å². The van der Waals surface area contributed by atoms with E-state index in [4.69, 9.17) is 0 Å². The van der Waals surface area contributed by atoms with Crippen LogP contribution < -0.4 is 5.32 Å². The van der Waals surface area contributed by atoms with Crippen molar-refractivity contribution in [1.29, 1.82) is 0 Å². The van der Waals surface area contributed by atoms with Crippen LogP contribution in [0.5, 0.6) is 0 Å². The molecule has 1 aliphatic rings. The molecule has 1 fully saturated rings. The second kappa shape index (κ2) is 6.60. The number of halogens is 1. The van der Waals surface area contributed by atoms with E-state index in [2.05, 4.69) is 21.2 Å². The average Bonchev–Trinajstić information content (AvgIpc) is 2.73. The molecular weight excluding hydrogens is 348 g/mol. The second-order valence-corrected chi connectivity index (χ2v) is 6.65. The van der Waals surface area contributed by atoms with Crippen molar-refractivity contribution in [2.75, 3.05) is 0 Å². The molecule has 0 aromatic heterocycles. The van der Waals surface area contributed by atoms with Crippen molar-refractivity contribution in [2.45, 2.75) is 45.2 Å². The quantitative estimate of drug-likeness (QED) is 0.830. The van der Waals surface area contributed by atoms with Gasteiger partial charge in [0.2, 0.25) is 11.8 Å². The summed E-state index contributed by atoms with van der Waals surface area (Å²) in [5.74, 6) is -1.19. The van der Waals surface area contributed by atoms with Crippen LogP contribution in [0.15, 0.2) is 28.7 Å². The molecule has 2 rings (SSSR count). The number of hydrogen-bond acceptors (Lipinski definition) is 3. The van der Waals surface area contributed by atoms with Gasteiger partial charge in [0.1, 0.15) is 6.04 Å². The number of likely N-dealkylation sites (tertiary alicyclic amines) is 1. The first-order chi connectivity index (χ1) is 10.3. The molecule has 1 saturated heterocycles. The van der Waals surface area contributed by atoms with E-state index >= 15 is 0 Å². The fourth-order valence-corrected chi connectivity index (χ4v) is 2.77. The van der Waals surface area contributed by atoms with Crippen molar-refractivity contribution in [2.24, 2.45) is 0 Å². The summed E-state index contributed by atoms with van der Waals surface area (Å²) in [7, 11) is 0. The summed E-state index contributed by atoms with van der Waals surface area (Å²) >= 11 is 3.35. The van der Waals surface area contributed by atoms with Crippen LogP contribution in [-0.2, 0) is 14.4 Å². The highest BCUT2D eigenvalue weighted by Gasteiger charge is 2.41. The molecule has 22 heavy (non-hydrogen) atoms. The largest absolute Gasteiger partial charge is 0.343 e. The van der Waals surface area contributed by atoms with E-state index in [1.54, 1.807) is 20.8 Å². The molecule has 0 saturated carbocycles. The van der Waals surface area contributed by atoms with Crippen molar-refractivity contribution >= 4 is 33.7 Å². The zero-order valence-electron chi connectivity index (χ0n) is 12.8. The lowest BCUT2D eigenvalue weighted by atomic mass is 10.00. The van der Waals surface area contributed by atoms with Crippen molar-refractivity contribution in [3.05, 3.63) is 34.3 Å². The van der Waals surface area contributed by atoms with E-state index in [0.29, 0.717) is 0 Å². The molecule has 1 aliphatic heterocycles. The molecule has 0 aliphatic carbocycles. The Morgan fingerprint density at radius 1 is 1.23 bits per heavy atom. The molecule has 1 aromatic carbocycles. The maximum atomic E-state index is 12.3. The molecule has 0 unspecified atom stereocenters. The zero-order chi connectivity index (χ0) is 16.4. The van der Waals surface area contributed by atoms with Gasteiger partial charge in [0.25, 0.3) is 5.91 Å². The average molecular weight is 367 g/mol. The predicted octanol–water partition coefficient (Wildman–Crippen LogP) is 2.20. The maximum absolute atomic E-state index is 12.3. The predicted molar refractivity (Wildman–Crippen MR) is 86.1 cm³/mol. The lowest BCUT2D eigenvalue weighted by Crippen LogP contribution is -2.44. The Balaban J connectivity index is 2.04. The van der Waals surface area contributed by atoms with E-state index in [-0.39, 0.29) is 36.1 Å². The van der Waals surface area contributed by atoms with Crippen LogP contribution in [0.25, 0.3) is 0 Å². The Kier molecular flexibility index (Phi) is 5.01. The Morgan fingerprint density at radius 2 is 1.82 bits per heavy atom. The van der Waals surface area contributed by atoms with Gasteiger partial charge in [0.05, 0.1) is 12.3 Å². The summed E-state index contributed by atoms with van der Waals surface area (Å²) in [6, 6.07) is 6.51. The highest BCUT2D eigenvalue weighted by molar-refractivity contribution is 9.10. The minimum atomic E-state index is -0.750. The van der Waals surface area contributed by atoms with Gasteiger partial charge in [-0.15, -0.1) is 0 Å². The van der Waals surface area contributed by atoms with Gasteiger partial charge in [-0.3, -0.25) is 19.3 Å². The van der Waals surface area contributed by atoms with Crippen LogP contribution in [0.1, 0.15) is 38.7 Å². The number of nitrogens with one attached hydrogen (secondary N) is 1. The van der Waals surface area contributed by atoms with E-state index in [9.17, 15) is 14.4 Å². The van der Waals surface area contributed by atoms with Crippen LogP contribution in [0.2, 0.25) is 0 Å². The minimum Gasteiger partial charge on any atom is -0.343 e. The monoisotopic (exact) mass is 366 g/mol. The molecule has 5 nitrogen and oxygen atoms in total. The van der Waals surface area contributed by atoms with Gasteiger partial charge in [-0.1, -0.05) is 28.1 Å². The summed E-state index contributed by atoms with van der Waals surface area (Å²) in [4.78, 5) is 37.6. The Labute approximate surface area is 138 Å². The normalized spacial score (nSPS) is 19.7. The number of rotatable bonds is 4. The smallest absolute Gasteiger partial charge is 0.252 e. The molecule has 6 heteroatoms. The summed E-state index contributed by atoms with van der Waals surface area (Å²) in [6.07, 6.45) is 0.0375. The van der Waals surface area contributed by atoms with Gasteiger partial charge < -0.3 is 5.32 Å². The molecule has 1 N–H and O–H groups in total. The molecule has 0 spiro atoms. The third-order valence-electron chi connectivity index (χ3n) is 3.78. The standard InChI is InChI=1S/C16H19BrN2O3/c1-9(2)19-14(20)8-13(16(19)22)18-15(21)10(3)11-4-6-12(17)7-5-11/h4-7,9-10,13H,8H2,1-3H3,(H,18,21)/t10-,13+/m1/s1. The Morgan fingerprint density at radius 3 is 2.32 bits per heavy atom. The third-order valence-corrected chi connectivity index (χ3v) is 4.31. The fraction of sp³-hybridized carbons (Fsp3) is 0.438.